The van der Waals surface area contributed by atoms with Crippen molar-refractivity contribution in [2.24, 2.45) is 5.92 Å². The summed E-state index contributed by atoms with van der Waals surface area (Å²) in [6.07, 6.45) is 8.02. The molecule has 0 aromatic heterocycles. The Morgan fingerprint density at radius 3 is 2.29 bits per heavy atom. The van der Waals surface area contributed by atoms with Gasteiger partial charge in [-0.05, 0) is 97.7 Å². The molecule has 0 radical (unpaired) electrons. The van der Waals surface area contributed by atoms with E-state index in [1.165, 1.54) is 44.6 Å². The molecule has 0 spiro atoms. The fraction of sp³-hybridized carbons (Fsp3) is 0.517. The minimum absolute atomic E-state index is 0.200. The van der Waals surface area contributed by atoms with Crippen LogP contribution in [0.1, 0.15) is 99.8 Å². The molecule has 1 saturated carbocycles. The first-order valence-corrected chi connectivity index (χ1v) is 12.5. The van der Waals surface area contributed by atoms with Gasteiger partial charge in [0.05, 0.1) is 5.56 Å². The van der Waals surface area contributed by atoms with Crippen LogP contribution in [0.5, 0.6) is 0 Å². The van der Waals surface area contributed by atoms with Gasteiger partial charge >= 0.3 is 6.18 Å². The summed E-state index contributed by atoms with van der Waals surface area (Å²) in [5.41, 5.74) is 1.50. The molecule has 34 heavy (non-hydrogen) atoms. The molecular formula is C29H35F5. The van der Waals surface area contributed by atoms with E-state index in [4.69, 9.17) is 0 Å². The van der Waals surface area contributed by atoms with Gasteiger partial charge in [0.15, 0.2) is 0 Å². The number of rotatable bonds is 9. The average Bonchev–Trinajstić information content (AvgIpc) is 2.79. The Labute approximate surface area is 200 Å². The summed E-state index contributed by atoms with van der Waals surface area (Å²) in [7, 11) is 0. The number of hydrogen-bond acceptors (Lipinski definition) is 0. The molecule has 2 aromatic carbocycles. The Kier molecular flexibility index (Phi) is 9.32. The van der Waals surface area contributed by atoms with Gasteiger partial charge in [0.2, 0.25) is 0 Å². The van der Waals surface area contributed by atoms with Crippen molar-refractivity contribution in [1.82, 2.24) is 0 Å². The zero-order valence-corrected chi connectivity index (χ0v) is 20.2. The molecule has 1 aliphatic carbocycles. The van der Waals surface area contributed by atoms with Crippen LogP contribution in [0, 0.1) is 17.6 Å². The highest BCUT2D eigenvalue weighted by molar-refractivity contribution is 5.64. The van der Waals surface area contributed by atoms with Crippen molar-refractivity contribution in [3.8, 4) is 0 Å². The lowest BCUT2D eigenvalue weighted by Gasteiger charge is -2.29. The van der Waals surface area contributed by atoms with E-state index in [0.29, 0.717) is 35.5 Å². The normalized spacial score (nSPS) is 19.4. The van der Waals surface area contributed by atoms with Gasteiger partial charge in [-0.15, -0.1) is 0 Å². The highest BCUT2D eigenvalue weighted by Crippen LogP contribution is 2.38. The summed E-state index contributed by atoms with van der Waals surface area (Å²) in [6, 6.07) is 8.52. The largest absolute Gasteiger partial charge is 0.419 e. The molecular weight excluding hydrogens is 443 g/mol. The third-order valence-electron chi connectivity index (χ3n) is 7.21. The standard InChI is InChI=1S/C29H35F5/c1-3-4-5-8-21-10-12-22(13-11-21)25-15-14-23(27(30)19-25)9-6-7-20(2)24-16-17-26(28(31)18-24)29(32,33)34/h7,14-19,21-22H,3-6,8-13H2,1-2H3. The number of hydrogen-bond donors (Lipinski definition) is 0. The van der Waals surface area contributed by atoms with Crippen LogP contribution in [-0.2, 0) is 12.6 Å². The van der Waals surface area contributed by atoms with Gasteiger partial charge in [-0.1, -0.05) is 56.9 Å². The van der Waals surface area contributed by atoms with Crippen LogP contribution >= 0.6 is 0 Å². The molecule has 186 valence electrons. The van der Waals surface area contributed by atoms with Gasteiger partial charge < -0.3 is 0 Å². The maximum Gasteiger partial charge on any atom is 0.419 e. The van der Waals surface area contributed by atoms with E-state index in [0.717, 1.165) is 36.5 Å². The third kappa shape index (κ3) is 7.16. The van der Waals surface area contributed by atoms with Crippen LogP contribution in [0.2, 0.25) is 0 Å². The maximum atomic E-state index is 14.8. The van der Waals surface area contributed by atoms with E-state index in [1.807, 2.05) is 18.2 Å². The van der Waals surface area contributed by atoms with Crippen molar-refractivity contribution in [3.63, 3.8) is 0 Å². The van der Waals surface area contributed by atoms with E-state index in [-0.39, 0.29) is 5.82 Å². The SMILES string of the molecule is CCCCCC1CCC(c2ccc(CCC=C(C)c3ccc(C(F)(F)F)c(F)c3)c(F)c2)CC1. The lowest BCUT2D eigenvalue weighted by Crippen LogP contribution is -2.13. The second-order valence-electron chi connectivity index (χ2n) is 9.68. The Bertz CT molecular complexity index is 965. The lowest BCUT2D eigenvalue weighted by molar-refractivity contribution is -0.140. The van der Waals surface area contributed by atoms with Crippen LogP contribution in [0.4, 0.5) is 22.0 Å². The molecule has 1 fully saturated rings. The molecule has 0 saturated heterocycles. The van der Waals surface area contributed by atoms with Gasteiger partial charge in [0.1, 0.15) is 11.6 Å². The van der Waals surface area contributed by atoms with Crippen LogP contribution in [-0.4, -0.2) is 0 Å². The quantitative estimate of drug-likeness (QED) is 0.248. The minimum Gasteiger partial charge on any atom is -0.207 e. The van der Waals surface area contributed by atoms with Gasteiger partial charge in [-0.25, -0.2) is 8.78 Å². The van der Waals surface area contributed by atoms with Crippen molar-refractivity contribution in [3.05, 3.63) is 76.4 Å². The lowest BCUT2D eigenvalue weighted by atomic mass is 9.77. The summed E-state index contributed by atoms with van der Waals surface area (Å²) in [4.78, 5) is 0. The molecule has 0 N–H and O–H groups in total. The molecule has 0 heterocycles. The number of unbranched alkanes of at least 4 members (excludes halogenated alkanes) is 2. The van der Waals surface area contributed by atoms with Gasteiger partial charge in [-0.3, -0.25) is 0 Å². The van der Waals surface area contributed by atoms with Crippen LogP contribution in [0.25, 0.3) is 5.57 Å². The molecule has 1 aliphatic rings. The monoisotopic (exact) mass is 478 g/mol. The van der Waals surface area contributed by atoms with E-state index in [2.05, 4.69) is 6.92 Å². The molecule has 0 amide bonds. The van der Waals surface area contributed by atoms with Gasteiger partial charge in [0.25, 0.3) is 0 Å². The predicted octanol–water partition coefficient (Wildman–Crippen LogP) is 9.87. The van der Waals surface area contributed by atoms with Crippen LogP contribution in [0.15, 0.2) is 42.5 Å². The molecule has 0 bridgehead atoms. The fourth-order valence-corrected chi connectivity index (χ4v) is 5.04. The predicted molar refractivity (Wildman–Crippen MR) is 129 cm³/mol. The summed E-state index contributed by atoms with van der Waals surface area (Å²) < 4.78 is 66.8. The van der Waals surface area contributed by atoms with Gasteiger partial charge in [0, 0.05) is 0 Å². The Morgan fingerprint density at radius 1 is 0.941 bits per heavy atom. The second-order valence-corrected chi connectivity index (χ2v) is 9.68. The highest BCUT2D eigenvalue weighted by atomic mass is 19.4. The molecule has 0 atom stereocenters. The summed E-state index contributed by atoms with van der Waals surface area (Å²) in [5, 5.41) is 0. The topological polar surface area (TPSA) is 0 Å². The maximum absolute atomic E-state index is 14.8. The third-order valence-corrected chi connectivity index (χ3v) is 7.21. The smallest absolute Gasteiger partial charge is 0.207 e. The van der Waals surface area contributed by atoms with Crippen LogP contribution < -0.4 is 0 Å². The summed E-state index contributed by atoms with van der Waals surface area (Å²) >= 11 is 0. The number of alkyl halides is 3. The highest BCUT2D eigenvalue weighted by Gasteiger charge is 2.33. The summed E-state index contributed by atoms with van der Waals surface area (Å²) in [6.45, 7) is 3.95. The number of benzene rings is 2. The number of allylic oxidation sites excluding steroid dienone is 2. The molecule has 3 rings (SSSR count). The first kappa shape index (κ1) is 26.4. The van der Waals surface area contributed by atoms with Crippen molar-refractivity contribution in [1.29, 1.82) is 0 Å². The minimum atomic E-state index is -4.71. The number of aryl methyl sites for hydroxylation is 1. The van der Waals surface area contributed by atoms with Crippen LogP contribution in [0.3, 0.4) is 0 Å². The van der Waals surface area contributed by atoms with E-state index in [1.54, 1.807) is 13.0 Å². The van der Waals surface area contributed by atoms with E-state index >= 15 is 0 Å². The molecule has 0 unspecified atom stereocenters. The second kappa shape index (κ2) is 12.0. The molecule has 0 aliphatic heterocycles. The zero-order chi connectivity index (χ0) is 24.7. The average molecular weight is 479 g/mol. The van der Waals surface area contributed by atoms with Crippen molar-refractivity contribution in [2.75, 3.05) is 0 Å². The zero-order valence-electron chi connectivity index (χ0n) is 20.2. The molecule has 2 aromatic rings. The van der Waals surface area contributed by atoms with Crippen molar-refractivity contribution < 1.29 is 22.0 Å². The van der Waals surface area contributed by atoms with E-state index in [9.17, 15) is 22.0 Å². The first-order valence-electron chi connectivity index (χ1n) is 12.5. The Hall–Kier alpha value is -2.17. The fourth-order valence-electron chi connectivity index (χ4n) is 5.04. The molecule has 5 heteroatoms. The Balaban J connectivity index is 1.54. The Morgan fingerprint density at radius 2 is 1.68 bits per heavy atom. The number of halogens is 5. The summed E-state index contributed by atoms with van der Waals surface area (Å²) in [5.74, 6) is -0.230. The van der Waals surface area contributed by atoms with Crippen molar-refractivity contribution >= 4 is 5.57 Å². The first-order chi connectivity index (χ1) is 16.2. The molecule has 0 nitrogen and oxygen atoms in total. The van der Waals surface area contributed by atoms with Gasteiger partial charge in [-0.2, -0.15) is 13.2 Å². The van der Waals surface area contributed by atoms with E-state index < -0.39 is 17.6 Å². The van der Waals surface area contributed by atoms with Crippen molar-refractivity contribution in [2.45, 2.75) is 90.1 Å².